The molecule has 0 unspecified atom stereocenters. The molecule has 1 heterocycles. The lowest BCUT2D eigenvalue weighted by atomic mass is 10.0. The third-order valence-electron chi connectivity index (χ3n) is 4.09. The number of benzene rings is 1. The molecule has 21 heavy (non-hydrogen) atoms. The third-order valence-corrected chi connectivity index (χ3v) is 5.25. The smallest absolute Gasteiger partial charge is 0.133 e. The molecule has 0 amide bonds. The first-order chi connectivity index (χ1) is 10.1. The van der Waals surface area contributed by atoms with Gasteiger partial charge < -0.3 is 5.32 Å². The highest BCUT2D eigenvalue weighted by atomic mass is 127. The van der Waals surface area contributed by atoms with Gasteiger partial charge in [-0.3, -0.25) is 0 Å². The maximum atomic E-state index is 4.60. The van der Waals surface area contributed by atoms with E-state index in [9.17, 15) is 0 Å². The van der Waals surface area contributed by atoms with Crippen molar-refractivity contribution in [3.05, 3.63) is 50.2 Å². The van der Waals surface area contributed by atoms with Gasteiger partial charge in [-0.15, -0.1) is 0 Å². The number of nitrogens with one attached hydrogen (secondary N) is 1. The molecule has 0 aliphatic heterocycles. The summed E-state index contributed by atoms with van der Waals surface area (Å²) in [5, 5.41) is 3.59. The molecular weight excluding hydrogens is 371 g/mol. The Hall–Kier alpha value is -1.10. The lowest BCUT2D eigenvalue weighted by Crippen LogP contribution is -2.02. The lowest BCUT2D eigenvalue weighted by molar-refractivity contribution is 1.08. The SMILES string of the molecule is CCc1cc(C)cnc1Nc1cc(C)c(I)cc1C1CC1. The molecule has 1 aromatic heterocycles. The van der Waals surface area contributed by atoms with E-state index in [-0.39, 0.29) is 0 Å². The van der Waals surface area contributed by atoms with Crippen LogP contribution in [0.5, 0.6) is 0 Å². The average Bonchev–Trinajstić information content (AvgIpc) is 3.29. The maximum Gasteiger partial charge on any atom is 0.133 e. The molecule has 2 aromatic rings. The van der Waals surface area contributed by atoms with Gasteiger partial charge in [0.15, 0.2) is 0 Å². The molecular formula is C18H21IN2. The molecule has 2 nitrogen and oxygen atoms in total. The Morgan fingerprint density at radius 1 is 1.24 bits per heavy atom. The summed E-state index contributed by atoms with van der Waals surface area (Å²) >= 11 is 2.43. The number of hydrogen-bond donors (Lipinski definition) is 1. The van der Waals surface area contributed by atoms with E-state index in [1.807, 2.05) is 6.20 Å². The van der Waals surface area contributed by atoms with E-state index in [1.54, 1.807) is 0 Å². The fraction of sp³-hybridized carbons (Fsp3) is 0.389. The van der Waals surface area contributed by atoms with E-state index in [1.165, 1.54) is 44.4 Å². The van der Waals surface area contributed by atoms with Crippen molar-refractivity contribution in [3.63, 3.8) is 0 Å². The molecule has 0 spiro atoms. The second-order valence-corrected chi connectivity index (χ2v) is 7.12. The van der Waals surface area contributed by atoms with Gasteiger partial charge >= 0.3 is 0 Å². The zero-order valence-electron chi connectivity index (χ0n) is 12.8. The van der Waals surface area contributed by atoms with Crippen LogP contribution in [0.1, 0.15) is 47.9 Å². The van der Waals surface area contributed by atoms with Crippen LogP contribution in [0.25, 0.3) is 0 Å². The fourth-order valence-corrected chi connectivity index (χ4v) is 3.17. The highest BCUT2D eigenvalue weighted by Crippen LogP contribution is 2.45. The molecule has 1 aliphatic rings. The van der Waals surface area contributed by atoms with E-state index >= 15 is 0 Å². The van der Waals surface area contributed by atoms with E-state index < -0.39 is 0 Å². The maximum absolute atomic E-state index is 4.60. The van der Waals surface area contributed by atoms with Gasteiger partial charge in [0.1, 0.15) is 5.82 Å². The van der Waals surface area contributed by atoms with Crippen molar-refractivity contribution >= 4 is 34.1 Å². The quantitative estimate of drug-likeness (QED) is 0.697. The molecule has 0 saturated heterocycles. The monoisotopic (exact) mass is 392 g/mol. The zero-order valence-corrected chi connectivity index (χ0v) is 15.0. The van der Waals surface area contributed by atoms with Crippen LogP contribution in [0, 0.1) is 17.4 Å². The molecule has 0 bridgehead atoms. The van der Waals surface area contributed by atoms with Crippen molar-refractivity contribution in [2.45, 2.75) is 46.0 Å². The molecule has 3 rings (SSSR count). The van der Waals surface area contributed by atoms with Gasteiger partial charge in [-0.05, 0) is 96.0 Å². The van der Waals surface area contributed by atoms with E-state index in [0.717, 1.165) is 18.2 Å². The van der Waals surface area contributed by atoms with E-state index in [0.29, 0.717) is 0 Å². The molecule has 110 valence electrons. The van der Waals surface area contributed by atoms with Gasteiger partial charge in [0.2, 0.25) is 0 Å². The number of anilines is 2. The average molecular weight is 392 g/mol. The van der Waals surface area contributed by atoms with Crippen LogP contribution in [0.2, 0.25) is 0 Å². The number of rotatable bonds is 4. The Morgan fingerprint density at radius 3 is 2.67 bits per heavy atom. The largest absolute Gasteiger partial charge is 0.340 e. The number of halogens is 1. The molecule has 1 fully saturated rings. The van der Waals surface area contributed by atoms with Crippen LogP contribution < -0.4 is 5.32 Å². The number of aromatic nitrogens is 1. The van der Waals surface area contributed by atoms with Crippen molar-refractivity contribution in [3.8, 4) is 0 Å². The van der Waals surface area contributed by atoms with Crippen LogP contribution in [-0.4, -0.2) is 4.98 Å². The minimum Gasteiger partial charge on any atom is -0.340 e. The van der Waals surface area contributed by atoms with Crippen LogP contribution in [0.15, 0.2) is 24.4 Å². The van der Waals surface area contributed by atoms with E-state index in [2.05, 4.69) is 71.9 Å². The van der Waals surface area contributed by atoms with Gasteiger partial charge in [-0.1, -0.05) is 13.0 Å². The highest BCUT2D eigenvalue weighted by Gasteiger charge is 2.27. The normalized spacial score (nSPS) is 14.3. The van der Waals surface area contributed by atoms with E-state index in [4.69, 9.17) is 0 Å². The molecule has 1 saturated carbocycles. The summed E-state index contributed by atoms with van der Waals surface area (Å²) in [6.07, 6.45) is 5.57. The number of hydrogen-bond acceptors (Lipinski definition) is 2. The van der Waals surface area contributed by atoms with Crippen molar-refractivity contribution < 1.29 is 0 Å². The number of aryl methyl sites for hydroxylation is 3. The summed E-state index contributed by atoms with van der Waals surface area (Å²) in [6, 6.07) is 6.85. The predicted molar refractivity (Wildman–Crippen MR) is 97.5 cm³/mol. The summed E-state index contributed by atoms with van der Waals surface area (Å²) in [7, 11) is 0. The Labute approximate surface area is 140 Å². The fourth-order valence-electron chi connectivity index (χ4n) is 2.68. The van der Waals surface area contributed by atoms with Crippen LogP contribution in [0.4, 0.5) is 11.5 Å². The van der Waals surface area contributed by atoms with Gasteiger partial charge in [-0.2, -0.15) is 0 Å². The van der Waals surface area contributed by atoms with Crippen molar-refractivity contribution in [2.24, 2.45) is 0 Å². The van der Waals surface area contributed by atoms with Crippen LogP contribution in [0.3, 0.4) is 0 Å². The predicted octanol–water partition coefficient (Wildman–Crippen LogP) is 5.49. The first-order valence-electron chi connectivity index (χ1n) is 7.61. The summed E-state index contributed by atoms with van der Waals surface area (Å²) in [5.74, 6) is 1.74. The third kappa shape index (κ3) is 3.23. The van der Waals surface area contributed by atoms with Crippen molar-refractivity contribution in [1.82, 2.24) is 4.98 Å². The summed E-state index contributed by atoms with van der Waals surface area (Å²) < 4.78 is 1.35. The van der Waals surface area contributed by atoms with Crippen molar-refractivity contribution in [2.75, 3.05) is 5.32 Å². The second kappa shape index (κ2) is 5.95. The van der Waals surface area contributed by atoms with Gasteiger partial charge in [0.25, 0.3) is 0 Å². The summed E-state index contributed by atoms with van der Waals surface area (Å²) in [6.45, 7) is 6.45. The van der Waals surface area contributed by atoms with Crippen LogP contribution in [-0.2, 0) is 6.42 Å². The summed E-state index contributed by atoms with van der Waals surface area (Å²) in [4.78, 5) is 4.60. The standard InChI is InChI=1S/C18H21IN2/c1-4-13-7-11(2)10-20-18(13)21-17-8-12(3)16(19)9-15(17)14-5-6-14/h7-10,14H,4-6H2,1-3H3,(H,20,21). The van der Waals surface area contributed by atoms with Gasteiger partial charge in [0, 0.05) is 15.5 Å². The minimum atomic E-state index is 0.733. The molecule has 1 N–H and O–H groups in total. The first kappa shape index (κ1) is 14.8. The molecule has 0 atom stereocenters. The first-order valence-corrected chi connectivity index (χ1v) is 8.69. The van der Waals surface area contributed by atoms with Gasteiger partial charge in [0.05, 0.1) is 0 Å². The Kier molecular flexibility index (Phi) is 4.20. The number of pyridine rings is 1. The Bertz CT molecular complexity index is 675. The second-order valence-electron chi connectivity index (χ2n) is 5.96. The van der Waals surface area contributed by atoms with Crippen molar-refractivity contribution in [1.29, 1.82) is 0 Å². The highest BCUT2D eigenvalue weighted by molar-refractivity contribution is 14.1. The number of nitrogens with zero attached hydrogens (tertiary/aromatic N) is 1. The van der Waals surface area contributed by atoms with Gasteiger partial charge in [-0.25, -0.2) is 4.98 Å². The summed E-state index contributed by atoms with van der Waals surface area (Å²) in [5.41, 5.74) is 6.52. The molecule has 1 aromatic carbocycles. The molecule has 0 radical (unpaired) electrons. The molecule has 3 heteroatoms. The minimum absolute atomic E-state index is 0.733. The molecule has 1 aliphatic carbocycles. The Balaban J connectivity index is 1.99. The topological polar surface area (TPSA) is 24.9 Å². The lowest BCUT2D eigenvalue weighted by Gasteiger charge is -2.16. The Morgan fingerprint density at radius 2 is 2.00 bits per heavy atom. The zero-order chi connectivity index (χ0) is 15.0. The van der Waals surface area contributed by atoms with Crippen LogP contribution >= 0.6 is 22.6 Å².